The third kappa shape index (κ3) is 2.17. The topological polar surface area (TPSA) is 47.8 Å². The number of nitrogens with zero attached hydrogens (tertiary/aromatic N) is 3. The molecular weight excluding hydrogens is 298 g/mol. The average molecular weight is 317 g/mol. The van der Waals surface area contributed by atoms with Gasteiger partial charge in [-0.3, -0.25) is 14.3 Å². The van der Waals surface area contributed by atoms with Gasteiger partial charge in [0.15, 0.2) is 0 Å². The highest BCUT2D eigenvalue weighted by Crippen LogP contribution is 2.53. The lowest BCUT2D eigenvalue weighted by molar-refractivity contribution is 0.424. The summed E-state index contributed by atoms with van der Waals surface area (Å²) in [7, 11) is 0. The van der Waals surface area contributed by atoms with Crippen LogP contribution in [0.15, 0.2) is 47.4 Å². The molecule has 4 nitrogen and oxygen atoms in total. The van der Waals surface area contributed by atoms with E-state index >= 15 is 0 Å². The van der Waals surface area contributed by atoms with Gasteiger partial charge in [0.1, 0.15) is 5.82 Å². The van der Waals surface area contributed by atoms with Crippen LogP contribution in [0, 0.1) is 5.41 Å². The van der Waals surface area contributed by atoms with Gasteiger partial charge in [-0.1, -0.05) is 12.1 Å². The number of pyridine rings is 1. The number of aromatic nitrogens is 3. The average Bonchev–Trinajstić information content (AvgIpc) is 3.42. The minimum atomic E-state index is 0.111. The molecule has 0 amide bonds. The summed E-state index contributed by atoms with van der Waals surface area (Å²) in [5.74, 6) is 0.953. The maximum Gasteiger partial charge on any atom is 0.261 e. The van der Waals surface area contributed by atoms with Crippen LogP contribution >= 0.6 is 0 Å². The lowest BCUT2D eigenvalue weighted by Gasteiger charge is -2.11. The van der Waals surface area contributed by atoms with Gasteiger partial charge in [0.2, 0.25) is 0 Å². The number of fused-ring (bicyclic) bond motifs is 2. The molecular formula is C20H19N3O. The third-order valence-corrected chi connectivity index (χ3v) is 5.70. The Morgan fingerprint density at radius 3 is 2.75 bits per heavy atom. The smallest absolute Gasteiger partial charge is 0.261 e. The van der Waals surface area contributed by atoms with Crippen LogP contribution in [0.2, 0.25) is 0 Å². The first-order valence-corrected chi connectivity index (χ1v) is 8.69. The monoisotopic (exact) mass is 317 g/mol. The summed E-state index contributed by atoms with van der Waals surface area (Å²) >= 11 is 0. The number of aryl methyl sites for hydroxylation is 1. The van der Waals surface area contributed by atoms with Crippen LogP contribution in [-0.2, 0) is 13.0 Å². The Kier molecular flexibility index (Phi) is 2.90. The van der Waals surface area contributed by atoms with E-state index in [-0.39, 0.29) is 5.56 Å². The molecule has 1 fully saturated rings. The molecule has 1 aliphatic carbocycles. The van der Waals surface area contributed by atoms with Crippen molar-refractivity contribution in [2.75, 3.05) is 0 Å². The minimum Gasteiger partial charge on any atom is -0.296 e. The molecule has 1 aliphatic heterocycles. The number of rotatable bonds is 1. The van der Waals surface area contributed by atoms with E-state index in [1.807, 2.05) is 41.0 Å². The second-order valence-corrected chi connectivity index (χ2v) is 7.18. The summed E-state index contributed by atoms with van der Waals surface area (Å²) in [6.07, 6.45) is 7.63. The fourth-order valence-corrected chi connectivity index (χ4v) is 3.91. The Hall–Kier alpha value is -2.49. The first-order valence-electron chi connectivity index (χ1n) is 8.69. The standard InChI is InChI=1S/C20H19N3O/c24-19-15-5-4-14(16-3-1-2-11-21-16)13-17(15)22-18-6-7-20(8-9-20)10-12-23(18)19/h1-5,11,13H,6-10,12H2. The summed E-state index contributed by atoms with van der Waals surface area (Å²) in [4.78, 5) is 22.2. The van der Waals surface area contributed by atoms with E-state index in [0.717, 1.165) is 42.0 Å². The van der Waals surface area contributed by atoms with Crippen LogP contribution in [0.1, 0.15) is 31.5 Å². The fourth-order valence-electron chi connectivity index (χ4n) is 3.91. The Morgan fingerprint density at radius 1 is 1.04 bits per heavy atom. The molecule has 3 aromatic rings. The second kappa shape index (κ2) is 5.00. The zero-order chi connectivity index (χ0) is 16.1. The van der Waals surface area contributed by atoms with Gasteiger partial charge in [0.05, 0.1) is 16.6 Å². The van der Waals surface area contributed by atoms with Gasteiger partial charge in [0, 0.05) is 24.7 Å². The molecule has 2 aliphatic rings. The second-order valence-electron chi connectivity index (χ2n) is 7.18. The van der Waals surface area contributed by atoms with Crippen molar-refractivity contribution in [3.8, 4) is 11.3 Å². The quantitative estimate of drug-likeness (QED) is 0.689. The van der Waals surface area contributed by atoms with Crippen molar-refractivity contribution >= 4 is 10.9 Å². The molecule has 0 saturated heterocycles. The Bertz CT molecular complexity index is 987. The highest BCUT2D eigenvalue weighted by Gasteiger charge is 2.43. The highest BCUT2D eigenvalue weighted by atomic mass is 16.1. The van der Waals surface area contributed by atoms with Crippen LogP contribution in [0.3, 0.4) is 0 Å². The third-order valence-electron chi connectivity index (χ3n) is 5.70. The number of benzene rings is 1. The van der Waals surface area contributed by atoms with Gasteiger partial charge in [-0.25, -0.2) is 4.98 Å². The predicted molar refractivity (Wildman–Crippen MR) is 93.8 cm³/mol. The molecule has 1 spiro atoms. The van der Waals surface area contributed by atoms with Crippen LogP contribution in [-0.4, -0.2) is 14.5 Å². The summed E-state index contributed by atoms with van der Waals surface area (Å²) in [5.41, 5.74) is 3.33. The first-order chi connectivity index (χ1) is 11.7. The molecule has 0 unspecified atom stereocenters. The Morgan fingerprint density at radius 2 is 1.96 bits per heavy atom. The van der Waals surface area contributed by atoms with Crippen molar-refractivity contribution in [2.45, 2.75) is 38.6 Å². The van der Waals surface area contributed by atoms with E-state index in [4.69, 9.17) is 4.98 Å². The molecule has 3 heterocycles. The first kappa shape index (κ1) is 13.9. The molecule has 1 saturated carbocycles. The summed E-state index contributed by atoms with van der Waals surface area (Å²) < 4.78 is 1.91. The van der Waals surface area contributed by atoms with Gasteiger partial charge in [-0.15, -0.1) is 0 Å². The molecule has 5 rings (SSSR count). The molecule has 0 atom stereocenters. The molecule has 120 valence electrons. The molecule has 1 aromatic carbocycles. The van der Waals surface area contributed by atoms with Crippen LogP contribution < -0.4 is 5.56 Å². The van der Waals surface area contributed by atoms with Crippen molar-refractivity contribution in [1.29, 1.82) is 0 Å². The molecule has 4 heteroatoms. The van der Waals surface area contributed by atoms with E-state index in [0.29, 0.717) is 10.8 Å². The van der Waals surface area contributed by atoms with Crippen molar-refractivity contribution in [2.24, 2.45) is 5.41 Å². The molecule has 2 aromatic heterocycles. The molecule has 0 bridgehead atoms. The van der Waals surface area contributed by atoms with Gasteiger partial charge in [-0.05, 0) is 55.4 Å². The van der Waals surface area contributed by atoms with Crippen molar-refractivity contribution in [3.63, 3.8) is 0 Å². The Balaban J connectivity index is 1.65. The van der Waals surface area contributed by atoms with Gasteiger partial charge >= 0.3 is 0 Å². The van der Waals surface area contributed by atoms with E-state index < -0.39 is 0 Å². The zero-order valence-corrected chi connectivity index (χ0v) is 13.5. The lowest BCUT2D eigenvalue weighted by atomic mass is 9.97. The van der Waals surface area contributed by atoms with Crippen molar-refractivity contribution < 1.29 is 0 Å². The highest BCUT2D eigenvalue weighted by molar-refractivity contribution is 5.83. The normalized spacial score (nSPS) is 18.3. The van der Waals surface area contributed by atoms with Crippen LogP contribution in [0.25, 0.3) is 22.2 Å². The summed E-state index contributed by atoms with van der Waals surface area (Å²) in [6.45, 7) is 0.819. The van der Waals surface area contributed by atoms with Gasteiger partial charge < -0.3 is 0 Å². The zero-order valence-electron chi connectivity index (χ0n) is 13.5. The molecule has 0 N–H and O–H groups in total. The number of hydrogen-bond acceptors (Lipinski definition) is 3. The summed E-state index contributed by atoms with van der Waals surface area (Å²) in [5, 5.41) is 0.713. The number of hydrogen-bond donors (Lipinski definition) is 0. The minimum absolute atomic E-state index is 0.111. The van der Waals surface area contributed by atoms with Crippen LogP contribution in [0.5, 0.6) is 0 Å². The SMILES string of the molecule is O=c1c2ccc(-c3ccccn3)cc2nc2n1CCC1(CC2)CC1. The lowest BCUT2D eigenvalue weighted by Crippen LogP contribution is -2.24. The van der Waals surface area contributed by atoms with Crippen LogP contribution in [0.4, 0.5) is 0 Å². The van der Waals surface area contributed by atoms with Crippen molar-refractivity contribution in [3.05, 3.63) is 58.8 Å². The van der Waals surface area contributed by atoms with Gasteiger partial charge in [0.25, 0.3) is 5.56 Å². The van der Waals surface area contributed by atoms with Gasteiger partial charge in [-0.2, -0.15) is 0 Å². The van der Waals surface area contributed by atoms with E-state index in [9.17, 15) is 4.79 Å². The fraction of sp³-hybridized carbons (Fsp3) is 0.350. The molecule has 24 heavy (non-hydrogen) atoms. The molecule has 0 radical (unpaired) electrons. The predicted octanol–water partition coefficient (Wildman–Crippen LogP) is 3.58. The maximum atomic E-state index is 12.9. The van der Waals surface area contributed by atoms with Crippen molar-refractivity contribution in [1.82, 2.24) is 14.5 Å². The largest absolute Gasteiger partial charge is 0.296 e. The maximum absolute atomic E-state index is 12.9. The van der Waals surface area contributed by atoms with E-state index in [1.165, 1.54) is 19.3 Å². The van der Waals surface area contributed by atoms with E-state index in [2.05, 4.69) is 4.98 Å². The summed E-state index contributed by atoms with van der Waals surface area (Å²) in [6, 6.07) is 11.7. The Labute approximate surface area is 140 Å². The van der Waals surface area contributed by atoms with E-state index in [1.54, 1.807) is 6.20 Å².